The summed E-state index contributed by atoms with van der Waals surface area (Å²) in [7, 11) is 0. The van der Waals surface area contributed by atoms with Gasteiger partial charge in [0.05, 0.1) is 11.1 Å². The van der Waals surface area contributed by atoms with Crippen LogP contribution in [0.1, 0.15) is 51.3 Å². The van der Waals surface area contributed by atoms with Crippen LogP contribution in [-0.4, -0.2) is 45.0 Å². The number of hydrogen-bond donors (Lipinski definition) is 1. The van der Waals surface area contributed by atoms with Gasteiger partial charge in [-0.25, -0.2) is 9.50 Å². The number of carbonyl (C=O) groups is 1. The molecule has 1 unspecified atom stereocenters. The molecule has 0 spiro atoms. The number of carbonyl (C=O) groups excluding carboxylic acids is 1. The SMILES string of the molecule is CC(C)(C)C(=O)OC[C@H]1O[C@@H](c2ccc3c(N)ncnn23)[C@]2(C)OC(c3ccc(Cl)cc3)O[C@H]12. The predicted molar refractivity (Wildman–Crippen MR) is 124 cm³/mol. The highest BCUT2D eigenvalue weighted by molar-refractivity contribution is 6.30. The van der Waals surface area contributed by atoms with Crippen LogP contribution in [0, 0.1) is 5.41 Å². The van der Waals surface area contributed by atoms with Crippen LogP contribution in [0.2, 0.25) is 5.02 Å². The molecule has 5 rings (SSSR count). The maximum Gasteiger partial charge on any atom is 0.311 e. The van der Waals surface area contributed by atoms with Crippen molar-refractivity contribution in [1.82, 2.24) is 14.6 Å². The van der Waals surface area contributed by atoms with Crippen LogP contribution in [0.4, 0.5) is 5.82 Å². The van der Waals surface area contributed by atoms with Gasteiger partial charge in [-0.05, 0) is 52.0 Å². The highest BCUT2D eigenvalue weighted by Gasteiger charge is 2.63. The Kier molecular flexibility index (Phi) is 5.55. The van der Waals surface area contributed by atoms with E-state index in [1.54, 1.807) is 37.4 Å². The second-order valence-corrected chi connectivity index (χ2v) is 10.3. The largest absolute Gasteiger partial charge is 0.462 e. The number of anilines is 1. The molecular weight excluding hydrogens is 460 g/mol. The lowest BCUT2D eigenvalue weighted by Crippen LogP contribution is -2.41. The molecule has 9 nitrogen and oxygen atoms in total. The van der Waals surface area contributed by atoms with Gasteiger partial charge in [0.25, 0.3) is 0 Å². The Morgan fingerprint density at radius 1 is 1.21 bits per heavy atom. The van der Waals surface area contributed by atoms with Gasteiger partial charge in [-0.15, -0.1) is 0 Å². The van der Waals surface area contributed by atoms with E-state index < -0.39 is 35.6 Å². The second kappa shape index (κ2) is 8.20. The van der Waals surface area contributed by atoms with Gasteiger partial charge in [0.15, 0.2) is 12.1 Å². The lowest BCUT2D eigenvalue weighted by molar-refractivity contribution is -0.171. The number of nitrogen functional groups attached to an aromatic ring is 1. The average Bonchev–Trinajstić information content (AvgIpc) is 3.43. The Bertz CT molecular complexity index is 1220. The van der Waals surface area contributed by atoms with Crippen LogP contribution < -0.4 is 5.73 Å². The first-order valence-corrected chi connectivity index (χ1v) is 11.5. The van der Waals surface area contributed by atoms with Crippen molar-refractivity contribution in [3.63, 3.8) is 0 Å². The first kappa shape index (κ1) is 23.0. The molecule has 2 aliphatic heterocycles. The number of nitrogens with zero attached hydrogens (tertiary/aromatic N) is 3. The van der Waals surface area contributed by atoms with Crippen LogP contribution in [0.15, 0.2) is 42.7 Å². The molecule has 0 bridgehead atoms. The Labute approximate surface area is 202 Å². The third kappa shape index (κ3) is 3.82. The van der Waals surface area contributed by atoms with Crippen molar-refractivity contribution in [2.75, 3.05) is 12.3 Å². The van der Waals surface area contributed by atoms with Crippen molar-refractivity contribution in [2.24, 2.45) is 5.41 Å². The first-order chi connectivity index (χ1) is 16.1. The van der Waals surface area contributed by atoms with E-state index in [4.69, 9.17) is 36.3 Å². The van der Waals surface area contributed by atoms with Crippen LogP contribution >= 0.6 is 11.6 Å². The summed E-state index contributed by atoms with van der Waals surface area (Å²) in [6, 6.07) is 11.0. The van der Waals surface area contributed by atoms with E-state index in [0.29, 0.717) is 16.4 Å². The van der Waals surface area contributed by atoms with E-state index >= 15 is 0 Å². The van der Waals surface area contributed by atoms with E-state index in [-0.39, 0.29) is 12.6 Å². The molecule has 34 heavy (non-hydrogen) atoms. The molecule has 2 aliphatic rings. The number of fused-ring (bicyclic) bond motifs is 2. The van der Waals surface area contributed by atoms with E-state index in [1.807, 2.05) is 31.2 Å². The monoisotopic (exact) mass is 486 g/mol. The minimum absolute atomic E-state index is 0.0317. The highest BCUT2D eigenvalue weighted by Crippen LogP contribution is 2.53. The Morgan fingerprint density at radius 3 is 2.65 bits per heavy atom. The number of hydrogen-bond acceptors (Lipinski definition) is 8. The van der Waals surface area contributed by atoms with E-state index in [1.165, 1.54) is 6.33 Å². The molecule has 1 aromatic carbocycles. The molecule has 0 amide bonds. The van der Waals surface area contributed by atoms with E-state index in [0.717, 1.165) is 11.3 Å². The third-order valence-corrected chi connectivity index (χ3v) is 6.53. The molecule has 180 valence electrons. The standard InChI is InChI=1S/C24H27ClN4O5/c1-23(2,3)22(30)31-11-17-19-24(4,34-21(33-19)13-5-7-14(25)8-6-13)18(32-17)15-9-10-16-20(26)27-12-28-29(15)16/h5-10,12,17-19,21H,11H2,1-4H3,(H2,26,27,28)/t17-,18+,19-,21?,24+/m1/s1. The van der Waals surface area contributed by atoms with Gasteiger partial charge in [0, 0.05) is 10.6 Å². The number of rotatable bonds is 4. The molecule has 0 aliphatic carbocycles. The number of ether oxygens (including phenoxy) is 4. The third-order valence-electron chi connectivity index (χ3n) is 6.28. The summed E-state index contributed by atoms with van der Waals surface area (Å²) >= 11 is 6.06. The van der Waals surface area contributed by atoms with Crippen LogP contribution in [0.5, 0.6) is 0 Å². The molecule has 3 aromatic rings. The number of aromatic nitrogens is 3. The van der Waals surface area contributed by atoms with Gasteiger partial charge in [0.1, 0.15) is 42.4 Å². The highest BCUT2D eigenvalue weighted by atomic mass is 35.5. The number of benzene rings is 1. The summed E-state index contributed by atoms with van der Waals surface area (Å²) in [5, 5.41) is 4.98. The lowest BCUT2D eigenvalue weighted by Gasteiger charge is -2.27. The van der Waals surface area contributed by atoms with Crippen molar-refractivity contribution < 1.29 is 23.7 Å². The molecule has 0 saturated carbocycles. The first-order valence-electron chi connectivity index (χ1n) is 11.1. The maximum absolute atomic E-state index is 12.4. The number of halogens is 1. The molecule has 5 atom stereocenters. The van der Waals surface area contributed by atoms with Crippen LogP contribution in [0.25, 0.3) is 5.52 Å². The zero-order valence-electron chi connectivity index (χ0n) is 19.4. The summed E-state index contributed by atoms with van der Waals surface area (Å²) in [6.45, 7) is 7.39. The van der Waals surface area contributed by atoms with Crippen molar-refractivity contribution in [2.45, 2.75) is 57.9 Å². The average molecular weight is 487 g/mol. The fraction of sp³-hybridized carbons (Fsp3) is 0.458. The Hall–Kier alpha value is -2.72. The zero-order chi connectivity index (χ0) is 24.3. The predicted octanol–water partition coefficient (Wildman–Crippen LogP) is 3.87. The minimum atomic E-state index is -0.892. The Morgan fingerprint density at radius 2 is 1.94 bits per heavy atom. The fourth-order valence-electron chi connectivity index (χ4n) is 4.45. The quantitative estimate of drug-likeness (QED) is 0.553. The zero-order valence-corrected chi connectivity index (χ0v) is 20.2. The minimum Gasteiger partial charge on any atom is -0.462 e. The molecule has 4 heterocycles. The number of esters is 1. The number of nitrogens with two attached hydrogens (primary N) is 1. The summed E-state index contributed by atoms with van der Waals surface area (Å²) in [6.07, 6.45) is -0.861. The maximum atomic E-state index is 12.4. The molecule has 2 N–H and O–H groups in total. The van der Waals surface area contributed by atoms with Crippen molar-refractivity contribution in [1.29, 1.82) is 0 Å². The summed E-state index contributed by atoms with van der Waals surface area (Å²) in [5.41, 5.74) is 6.74. The fourth-order valence-corrected chi connectivity index (χ4v) is 4.57. The van der Waals surface area contributed by atoms with Crippen molar-refractivity contribution in [3.8, 4) is 0 Å². The van der Waals surface area contributed by atoms with Gasteiger partial charge in [-0.1, -0.05) is 23.7 Å². The molecule has 2 saturated heterocycles. The van der Waals surface area contributed by atoms with E-state index in [2.05, 4.69) is 10.1 Å². The summed E-state index contributed by atoms with van der Waals surface area (Å²) in [4.78, 5) is 16.5. The van der Waals surface area contributed by atoms with Crippen LogP contribution in [0.3, 0.4) is 0 Å². The summed E-state index contributed by atoms with van der Waals surface area (Å²) in [5.74, 6) is 0.0438. The summed E-state index contributed by atoms with van der Waals surface area (Å²) < 4.78 is 26.6. The van der Waals surface area contributed by atoms with Gasteiger partial charge < -0.3 is 24.7 Å². The normalized spacial score (nSPS) is 28.9. The van der Waals surface area contributed by atoms with Gasteiger partial charge in [-0.3, -0.25) is 4.79 Å². The van der Waals surface area contributed by atoms with Gasteiger partial charge >= 0.3 is 5.97 Å². The topological polar surface area (TPSA) is 110 Å². The molecule has 10 heteroatoms. The van der Waals surface area contributed by atoms with Crippen LogP contribution in [-0.2, 0) is 23.7 Å². The second-order valence-electron chi connectivity index (χ2n) is 9.85. The molecule has 0 radical (unpaired) electrons. The lowest BCUT2D eigenvalue weighted by atomic mass is 9.91. The molecule has 2 aromatic heterocycles. The Balaban J connectivity index is 1.49. The molecule has 2 fully saturated rings. The van der Waals surface area contributed by atoms with Crippen molar-refractivity contribution in [3.05, 3.63) is 59.0 Å². The smallest absolute Gasteiger partial charge is 0.311 e. The van der Waals surface area contributed by atoms with Gasteiger partial charge in [-0.2, -0.15) is 5.10 Å². The van der Waals surface area contributed by atoms with Gasteiger partial charge in [0.2, 0.25) is 0 Å². The van der Waals surface area contributed by atoms with E-state index in [9.17, 15) is 4.79 Å². The molecular formula is C24H27ClN4O5. The van der Waals surface area contributed by atoms with Crippen molar-refractivity contribution >= 4 is 28.9 Å².